The highest BCUT2D eigenvalue weighted by atomic mass is 16.5. The van der Waals surface area contributed by atoms with Crippen LogP contribution in [0.25, 0.3) is 0 Å². The standard InChI is InChI=1S/C32H42N2O8/c1-18-13-25(36)23(30-29(39)28(38)27(37)26(17-35)42-30)16-22(18)14-21-9-7-19(8-10-21)11-12-34-31(40)24(33-32(34)41)15-20-5-3-2-4-6-20/h7-10,13,16,20,26-30,35-40H,2-6,11-12,14-15,17H2,1H3,(H,33,41)/t26-,27-,28+,29-,30+/m1/s1. The van der Waals surface area contributed by atoms with Crippen LogP contribution in [-0.4, -0.2) is 71.2 Å². The predicted molar refractivity (Wildman–Crippen MR) is 156 cm³/mol. The second-order valence-corrected chi connectivity index (χ2v) is 11.9. The fourth-order valence-corrected chi connectivity index (χ4v) is 6.36. The number of aromatic amines is 1. The van der Waals surface area contributed by atoms with Gasteiger partial charge in [-0.1, -0.05) is 56.4 Å². The minimum absolute atomic E-state index is 0.0419. The molecule has 2 fully saturated rings. The van der Waals surface area contributed by atoms with E-state index in [2.05, 4.69) is 4.98 Å². The Morgan fingerprint density at radius 3 is 2.33 bits per heavy atom. The third-order valence-corrected chi connectivity index (χ3v) is 8.97. The summed E-state index contributed by atoms with van der Waals surface area (Å²) in [5, 5.41) is 61.8. The van der Waals surface area contributed by atoms with Gasteiger partial charge in [0.15, 0.2) is 0 Å². The van der Waals surface area contributed by atoms with Crippen molar-refractivity contribution >= 4 is 0 Å². The quantitative estimate of drug-likeness (QED) is 0.202. The fourth-order valence-electron chi connectivity index (χ4n) is 6.36. The molecule has 42 heavy (non-hydrogen) atoms. The van der Waals surface area contributed by atoms with E-state index in [9.17, 15) is 35.4 Å². The Morgan fingerprint density at radius 2 is 1.64 bits per heavy atom. The Morgan fingerprint density at radius 1 is 0.952 bits per heavy atom. The molecule has 0 radical (unpaired) electrons. The molecule has 0 spiro atoms. The molecule has 2 aromatic carbocycles. The Labute approximate surface area is 244 Å². The van der Waals surface area contributed by atoms with E-state index >= 15 is 0 Å². The highest BCUT2D eigenvalue weighted by molar-refractivity contribution is 5.45. The number of imidazole rings is 1. The van der Waals surface area contributed by atoms with E-state index in [0.29, 0.717) is 37.4 Å². The van der Waals surface area contributed by atoms with Crippen LogP contribution in [0, 0.1) is 12.8 Å². The van der Waals surface area contributed by atoms with Crippen molar-refractivity contribution in [2.45, 2.75) is 95.4 Å². The Balaban J connectivity index is 1.25. The highest BCUT2D eigenvalue weighted by Crippen LogP contribution is 2.38. The van der Waals surface area contributed by atoms with E-state index in [1.165, 1.54) is 23.8 Å². The average Bonchev–Trinajstić information content (AvgIpc) is 3.25. The monoisotopic (exact) mass is 582 g/mol. The highest BCUT2D eigenvalue weighted by Gasteiger charge is 2.44. The number of hydrogen-bond acceptors (Lipinski definition) is 8. The number of aliphatic hydroxyl groups is 4. The summed E-state index contributed by atoms with van der Waals surface area (Å²) in [5.74, 6) is 0.440. The van der Waals surface area contributed by atoms with Gasteiger partial charge < -0.3 is 40.4 Å². The Kier molecular flexibility index (Phi) is 9.39. The molecule has 7 N–H and O–H groups in total. The van der Waals surface area contributed by atoms with Crippen LogP contribution in [0.3, 0.4) is 0 Å². The van der Waals surface area contributed by atoms with Gasteiger partial charge in [0.2, 0.25) is 5.88 Å². The van der Waals surface area contributed by atoms with E-state index in [1.54, 1.807) is 12.1 Å². The number of nitrogens with one attached hydrogen (secondary N) is 1. The van der Waals surface area contributed by atoms with Gasteiger partial charge in [-0.15, -0.1) is 0 Å². The number of aromatic hydroxyl groups is 2. The first-order valence-electron chi connectivity index (χ1n) is 14.9. The maximum Gasteiger partial charge on any atom is 0.328 e. The number of ether oxygens (including phenoxy) is 1. The van der Waals surface area contributed by atoms with E-state index in [0.717, 1.165) is 35.1 Å². The summed E-state index contributed by atoms with van der Waals surface area (Å²) in [5.41, 5.74) is 4.34. The predicted octanol–water partition coefficient (Wildman–Crippen LogP) is 2.37. The topological polar surface area (TPSA) is 168 Å². The van der Waals surface area contributed by atoms with Crippen LogP contribution >= 0.6 is 0 Å². The summed E-state index contributed by atoms with van der Waals surface area (Å²) in [6, 6.07) is 11.2. The summed E-state index contributed by atoms with van der Waals surface area (Å²) < 4.78 is 7.07. The van der Waals surface area contributed by atoms with Gasteiger partial charge in [-0.05, 0) is 66.5 Å². The van der Waals surface area contributed by atoms with Gasteiger partial charge in [0.05, 0.1) is 12.3 Å². The number of phenolic OH excluding ortho intramolecular Hbond substituents is 1. The molecule has 1 saturated carbocycles. The zero-order valence-corrected chi connectivity index (χ0v) is 23.9. The van der Waals surface area contributed by atoms with Crippen molar-refractivity contribution in [2.75, 3.05) is 6.61 Å². The molecule has 10 heteroatoms. The molecule has 3 aromatic rings. The largest absolute Gasteiger partial charge is 0.508 e. The molecule has 0 unspecified atom stereocenters. The minimum Gasteiger partial charge on any atom is -0.508 e. The maximum atomic E-state index is 12.5. The van der Waals surface area contributed by atoms with Gasteiger partial charge in [0.25, 0.3) is 0 Å². The smallest absolute Gasteiger partial charge is 0.328 e. The zero-order chi connectivity index (χ0) is 30.0. The van der Waals surface area contributed by atoms with E-state index in [4.69, 9.17) is 4.74 Å². The van der Waals surface area contributed by atoms with Crippen molar-refractivity contribution < 1.29 is 35.4 Å². The summed E-state index contributed by atoms with van der Waals surface area (Å²) in [6.45, 7) is 1.68. The lowest BCUT2D eigenvalue weighted by Gasteiger charge is -2.40. The Bertz CT molecular complexity index is 1410. The molecule has 0 bridgehead atoms. The van der Waals surface area contributed by atoms with Crippen LogP contribution in [0.15, 0.2) is 41.2 Å². The first-order chi connectivity index (χ1) is 20.2. The minimum atomic E-state index is -1.54. The third-order valence-electron chi connectivity index (χ3n) is 8.97. The zero-order valence-electron chi connectivity index (χ0n) is 23.9. The number of H-pyrrole nitrogens is 1. The van der Waals surface area contributed by atoms with Crippen LogP contribution in [-0.2, 0) is 30.5 Å². The van der Waals surface area contributed by atoms with Gasteiger partial charge in [-0.2, -0.15) is 0 Å². The van der Waals surface area contributed by atoms with Gasteiger partial charge in [-0.3, -0.25) is 4.57 Å². The lowest BCUT2D eigenvalue weighted by Crippen LogP contribution is -2.55. The van der Waals surface area contributed by atoms with E-state index in [-0.39, 0.29) is 22.9 Å². The van der Waals surface area contributed by atoms with Crippen molar-refractivity contribution in [3.05, 3.63) is 80.4 Å². The number of aromatic nitrogens is 2. The van der Waals surface area contributed by atoms with E-state index in [1.807, 2.05) is 31.2 Å². The van der Waals surface area contributed by atoms with Crippen LogP contribution in [0.2, 0.25) is 0 Å². The normalized spacial score (nSPS) is 25.1. The number of benzene rings is 2. The molecular formula is C32H42N2O8. The molecule has 1 aromatic heterocycles. The van der Waals surface area contributed by atoms with Crippen LogP contribution in [0.1, 0.15) is 71.7 Å². The number of rotatable bonds is 9. The summed E-state index contributed by atoms with van der Waals surface area (Å²) in [7, 11) is 0. The third kappa shape index (κ3) is 6.43. The van der Waals surface area contributed by atoms with Gasteiger partial charge in [-0.25, -0.2) is 4.79 Å². The van der Waals surface area contributed by atoms with Gasteiger partial charge in [0, 0.05) is 12.1 Å². The molecule has 1 aliphatic heterocycles. The lowest BCUT2D eigenvalue weighted by atomic mass is 9.86. The Hall–Kier alpha value is -3.15. The number of aryl methyl sites for hydroxylation is 2. The summed E-state index contributed by atoms with van der Waals surface area (Å²) in [4.78, 5) is 15.4. The van der Waals surface area contributed by atoms with E-state index < -0.39 is 37.1 Å². The molecule has 10 nitrogen and oxygen atoms in total. The lowest BCUT2D eigenvalue weighted by molar-refractivity contribution is -0.232. The van der Waals surface area contributed by atoms with Crippen molar-refractivity contribution in [1.29, 1.82) is 0 Å². The van der Waals surface area contributed by atoms with Crippen molar-refractivity contribution in [3.63, 3.8) is 0 Å². The second kappa shape index (κ2) is 13.0. The van der Waals surface area contributed by atoms with Gasteiger partial charge >= 0.3 is 5.69 Å². The average molecular weight is 583 g/mol. The van der Waals surface area contributed by atoms with Crippen LogP contribution < -0.4 is 5.69 Å². The molecular weight excluding hydrogens is 540 g/mol. The maximum absolute atomic E-state index is 12.5. The molecule has 2 heterocycles. The molecule has 5 atom stereocenters. The number of nitrogens with zero attached hydrogens (tertiary/aromatic N) is 1. The number of aliphatic hydroxyl groups excluding tert-OH is 4. The molecule has 2 aliphatic rings. The van der Waals surface area contributed by atoms with Gasteiger partial charge in [0.1, 0.15) is 36.3 Å². The number of phenols is 1. The summed E-state index contributed by atoms with van der Waals surface area (Å²) >= 11 is 0. The fraction of sp³-hybridized carbons (Fsp3) is 0.531. The molecule has 1 aliphatic carbocycles. The second-order valence-electron chi connectivity index (χ2n) is 11.9. The number of hydrogen-bond donors (Lipinski definition) is 7. The van der Waals surface area contributed by atoms with Crippen molar-refractivity contribution in [2.24, 2.45) is 5.92 Å². The summed E-state index contributed by atoms with van der Waals surface area (Å²) in [6.07, 6.45) is 1.06. The first-order valence-corrected chi connectivity index (χ1v) is 14.9. The molecule has 0 amide bonds. The van der Waals surface area contributed by atoms with Crippen molar-refractivity contribution in [3.8, 4) is 11.6 Å². The molecule has 1 saturated heterocycles. The van der Waals surface area contributed by atoms with Crippen LogP contribution in [0.5, 0.6) is 11.6 Å². The molecule has 5 rings (SSSR count). The van der Waals surface area contributed by atoms with Crippen LogP contribution in [0.4, 0.5) is 0 Å². The van der Waals surface area contributed by atoms with Crippen molar-refractivity contribution in [1.82, 2.24) is 9.55 Å². The SMILES string of the molecule is Cc1cc(O)c([C@@H]2O[C@H](CO)[C@@H](O)[C@H](O)[C@H]2O)cc1Cc1ccc(CCn2c(O)c(CC3CCCCC3)[nH]c2=O)cc1. The molecule has 228 valence electrons. The first kappa shape index (κ1) is 30.3.